The highest BCUT2D eigenvalue weighted by Gasteiger charge is 2.35. The van der Waals surface area contributed by atoms with E-state index in [1.165, 1.54) is 10.8 Å². The molecule has 1 aromatic heterocycles. The molecule has 0 saturated carbocycles. The predicted octanol–water partition coefficient (Wildman–Crippen LogP) is -1.45. The lowest BCUT2D eigenvalue weighted by atomic mass is 10.2. The number of hydrogen-bond donors (Lipinski definition) is 2. The molecule has 0 aliphatic carbocycles. The molecular formula is C13H18N2O6. The Morgan fingerprint density at radius 3 is 2.76 bits per heavy atom. The molecule has 0 aromatic carbocycles. The van der Waals surface area contributed by atoms with Gasteiger partial charge >= 0.3 is 5.69 Å². The molecule has 0 spiro atoms. The molecule has 3 atom stereocenters. The second-order valence-corrected chi connectivity index (χ2v) is 5.03. The summed E-state index contributed by atoms with van der Waals surface area (Å²) in [7, 11) is 0. The van der Waals surface area contributed by atoms with Crippen LogP contribution in [0.25, 0.3) is 0 Å². The minimum absolute atomic E-state index is 0.00154. The first kappa shape index (κ1) is 15.6. The van der Waals surface area contributed by atoms with Gasteiger partial charge < -0.3 is 19.7 Å². The van der Waals surface area contributed by atoms with Crippen molar-refractivity contribution < 1.29 is 19.7 Å². The monoisotopic (exact) mass is 298 g/mol. The topological polar surface area (TPSA) is 111 Å². The van der Waals surface area contributed by atoms with Crippen molar-refractivity contribution in [3.8, 4) is 0 Å². The van der Waals surface area contributed by atoms with Crippen LogP contribution in [0.2, 0.25) is 0 Å². The Hall–Kier alpha value is -1.77. The Balaban J connectivity index is 2.41. The summed E-state index contributed by atoms with van der Waals surface area (Å²) in [5, 5.41) is 18.8. The lowest BCUT2D eigenvalue weighted by Gasteiger charge is -2.17. The van der Waals surface area contributed by atoms with Crippen LogP contribution in [-0.2, 0) is 16.1 Å². The van der Waals surface area contributed by atoms with Gasteiger partial charge in [-0.2, -0.15) is 0 Å². The summed E-state index contributed by atoms with van der Waals surface area (Å²) >= 11 is 0. The minimum Gasteiger partial charge on any atom is -0.394 e. The van der Waals surface area contributed by atoms with E-state index in [0.29, 0.717) is 11.8 Å². The number of nitrogens with zero attached hydrogens (tertiary/aromatic N) is 2. The number of aliphatic hydroxyl groups is 2. The maximum absolute atomic E-state index is 12.3. The third-order valence-corrected chi connectivity index (χ3v) is 3.53. The Bertz CT molecular complexity index is 635. The quantitative estimate of drug-likeness (QED) is 0.643. The zero-order valence-electron chi connectivity index (χ0n) is 11.6. The fourth-order valence-electron chi connectivity index (χ4n) is 2.39. The van der Waals surface area contributed by atoms with Crippen LogP contribution in [0.15, 0.2) is 15.8 Å². The normalized spacial score (nSPS) is 25.2. The SMILES string of the molecule is Cc1cn([C@H]2C[C@H](O)[C@@H](CO)O2)c(=O)n(CCC=O)c1=O. The molecule has 0 radical (unpaired) electrons. The molecule has 8 heteroatoms. The highest BCUT2D eigenvalue weighted by molar-refractivity contribution is 5.48. The van der Waals surface area contributed by atoms with Crippen LogP contribution in [0.4, 0.5) is 0 Å². The maximum Gasteiger partial charge on any atom is 0.333 e. The number of aliphatic hydroxyl groups excluding tert-OH is 2. The molecule has 1 aliphatic rings. The van der Waals surface area contributed by atoms with Gasteiger partial charge in [0.2, 0.25) is 0 Å². The Morgan fingerprint density at radius 2 is 2.19 bits per heavy atom. The molecule has 116 valence electrons. The fraction of sp³-hybridized carbons (Fsp3) is 0.615. The van der Waals surface area contributed by atoms with E-state index < -0.39 is 29.7 Å². The lowest BCUT2D eigenvalue weighted by molar-refractivity contribution is -0.108. The van der Waals surface area contributed by atoms with Crippen LogP contribution in [0.5, 0.6) is 0 Å². The number of carbonyl (C=O) groups is 1. The zero-order valence-corrected chi connectivity index (χ0v) is 11.6. The van der Waals surface area contributed by atoms with E-state index in [2.05, 4.69) is 0 Å². The van der Waals surface area contributed by atoms with Crippen molar-refractivity contribution in [2.45, 2.75) is 44.7 Å². The van der Waals surface area contributed by atoms with Crippen molar-refractivity contribution in [1.82, 2.24) is 9.13 Å². The first-order chi connectivity index (χ1) is 9.99. The van der Waals surface area contributed by atoms with Gasteiger partial charge in [0.15, 0.2) is 0 Å². The van der Waals surface area contributed by atoms with Crippen LogP contribution in [0.1, 0.15) is 24.6 Å². The molecule has 1 aliphatic heterocycles. The molecule has 2 rings (SSSR count). The summed E-state index contributed by atoms with van der Waals surface area (Å²) < 4.78 is 7.62. The first-order valence-electron chi connectivity index (χ1n) is 6.70. The van der Waals surface area contributed by atoms with Gasteiger partial charge in [-0.15, -0.1) is 0 Å². The van der Waals surface area contributed by atoms with Gasteiger partial charge in [-0.3, -0.25) is 13.9 Å². The van der Waals surface area contributed by atoms with Crippen LogP contribution >= 0.6 is 0 Å². The van der Waals surface area contributed by atoms with E-state index in [1.807, 2.05) is 0 Å². The third kappa shape index (κ3) is 2.97. The van der Waals surface area contributed by atoms with E-state index in [4.69, 9.17) is 9.84 Å². The second kappa shape index (κ2) is 6.33. The van der Waals surface area contributed by atoms with E-state index in [9.17, 15) is 19.5 Å². The smallest absolute Gasteiger partial charge is 0.333 e. The first-order valence-corrected chi connectivity index (χ1v) is 6.70. The molecule has 2 heterocycles. The molecule has 21 heavy (non-hydrogen) atoms. The van der Waals surface area contributed by atoms with Crippen LogP contribution in [0.3, 0.4) is 0 Å². The summed E-state index contributed by atoms with van der Waals surface area (Å²) in [5.41, 5.74) is -0.704. The summed E-state index contributed by atoms with van der Waals surface area (Å²) in [6, 6.07) is 0. The molecular weight excluding hydrogens is 280 g/mol. The molecule has 8 nitrogen and oxygen atoms in total. The highest BCUT2D eigenvalue weighted by atomic mass is 16.5. The minimum atomic E-state index is -0.873. The Kier molecular flexibility index (Phi) is 4.71. The van der Waals surface area contributed by atoms with Crippen LogP contribution < -0.4 is 11.2 Å². The number of aldehydes is 1. The van der Waals surface area contributed by atoms with E-state index in [0.717, 1.165) is 4.57 Å². The van der Waals surface area contributed by atoms with Gasteiger partial charge in [-0.05, 0) is 6.92 Å². The van der Waals surface area contributed by atoms with Crippen LogP contribution in [-0.4, -0.2) is 44.4 Å². The highest BCUT2D eigenvalue weighted by Crippen LogP contribution is 2.27. The summed E-state index contributed by atoms with van der Waals surface area (Å²) in [5.74, 6) is 0. The van der Waals surface area contributed by atoms with Crippen molar-refractivity contribution in [3.63, 3.8) is 0 Å². The number of ether oxygens (including phenoxy) is 1. The fourth-order valence-corrected chi connectivity index (χ4v) is 2.39. The number of aromatic nitrogens is 2. The number of hydrogen-bond acceptors (Lipinski definition) is 6. The largest absolute Gasteiger partial charge is 0.394 e. The van der Waals surface area contributed by atoms with Gasteiger partial charge in [0, 0.05) is 31.1 Å². The van der Waals surface area contributed by atoms with Crippen molar-refractivity contribution in [1.29, 1.82) is 0 Å². The molecule has 2 N–H and O–H groups in total. The number of aryl methyl sites for hydroxylation is 1. The molecule has 0 unspecified atom stereocenters. The molecule has 1 aromatic rings. The molecule has 0 amide bonds. The second-order valence-electron chi connectivity index (χ2n) is 5.03. The van der Waals surface area contributed by atoms with Gasteiger partial charge in [0.25, 0.3) is 5.56 Å². The average Bonchev–Trinajstić information content (AvgIpc) is 2.84. The van der Waals surface area contributed by atoms with Gasteiger partial charge in [-0.25, -0.2) is 4.79 Å². The lowest BCUT2D eigenvalue weighted by Crippen LogP contribution is -2.42. The van der Waals surface area contributed by atoms with Gasteiger partial charge in [-0.1, -0.05) is 0 Å². The summed E-state index contributed by atoms with van der Waals surface area (Å²) in [4.78, 5) is 34.7. The van der Waals surface area contributed by atoms with Crippen molar-refractivity contribution in [3.05, 3.63) is 32.6 Å². The van der Waals surface area contributed by atoms with Crippen molar-refractivity contribution in [2.24, 2.45) is 0 Å². The Morgan fingerprint density at radius 1 is 1.48 bits per heavy atom. The zero-order chi connectivity index (χ0) is 15.6. The standard InChI is InChI=1S/C13H18N2O6/c1-8-6-15(11-5-9(18)10(7-17)21-11)13(20)14(12(8)19)3-2-4-16/h4,6,9-11,17-18H,2-3,5,7H2,1H3/t9-,10+,11+/m0/s1. The van der Waals surface area contributed by atoms with Gasteiger partial charge in [0.1, 0.15) is 18.6 Å². The average molecular weight is 298 g/mol. The molecule has 1 fully saturated rings. The van der Waals surface area contributed by atoms with Crippen molar-refractivity contribution >= 4 is 6.29 Å². The summed E-state index contributed by atoms with van der Waals surface area (Å²) in [6.45, 7) is 1.21. The molecule has 0 bridgehead atoms. The predicted molar refractivity (Wildman–Crippen MR) is 72.0 cm³/mol. The summed E-state index contributed by atoms with van der Waals surface area (Å²) in [6.07, 6.45) is -0.149. The number of rotatable bonds is 5. The van der Waals surface area contributed by atoms with Crippen LogP contribution in [0, 0.1) is 6.92 Å². The van der Waals surface area contributed by atoms with E-state index in [-0.39, 0.29) is 26.0 Å². The number of carbonyl (C=O) groups excluding carboxylic acids is 1. The van der Waals surface area contributed by atoms with E-state index in [1.54, 1.807) is 6.92 Å². The Labute approximate surface area is 120 Å². The third-order valence-electron chi connectivity index (χ3n) is 3.53. The van der Waals surface area contributed by atoms with E-state index >= 15 is 0 Å². The van der Waals surface area contributed by atoms with Gasteiger partial charge in [0.05, 0.1) is 12.7 Å². The molecule has 1 saturated heterocycles. The maximum atomic E-state index is 12.3. The van der Waals surface area contributed by atoms with Crippen molar-refractivity contribution in [2.75, 3.05) is 6.61 Å².